The van der Waals surface area contributed by atoms with Crippen molar-refractivity contribution in [1.82, 2.24) is 4.72 Å². The molecule has 3 aromatic rings. The van der Waals surface area contributed by atoms with E-state index in [9.17, 15) is 26.8 Å². The molecule has 0 unspecified atom stereocenters. The molecular formula is C22H18F2N2O5S. The molecule has 1 amide bonds. The molecule has 0 atom stereocenters. The molecule has 3 rings (SSSR count). The quantitative estimate of drug-likeness (QED) is 0.503. The van der Waals surface area contributed by atoms with Crippen molar-refractivity contribution < 1.29 is 31.5 Å². The van der Waals surface area contributed by atoms with E-state index in [1.165, 1.54) is 18.2 Å². The summed E-state index contributed by atoms with van der Waals surface area (Å²) in [4.78, 5) is 23.9. The summed E-state index contributed by atoms with van der Waals surface area (Å²) in [5.74, 6) is -3.46. The van der Waals surface area contributed by atoms with Crippen LogP contribution in [0.2, 0.25) is 0 Å². The zero-order chi connectivity index (χ0) is 23.1. The number of ether oxygens (including phenoxy) is 1. The lowest BCUT2D eigenvalue weighted by Crippen LogP contribution is -2.24. The molecule has 0 heterocycles. The molecule has 0 saturated heterocycles. The maximum Gasteiger partial charge on any atom is 0.338 e. The van der Waals surface area contributed by atoms with Crippen LogP contribution < -0.4 is 10.0 Å². The number of hydrogen-bond acceptors (Lipinski definition) is 5. The monoisotopic (exact) mass is 460 g/mol. The molecule has 0 radical (unpaired) electrons. The van der Waals surface area contributed by atoms with Crippen LogP contribution in [0.25, 0.3) is 0 Å². The zero-order valence-corrected chi connectivity index (χ0v) is 17.4. The van der Waals surface area contributed by atoms with Crippen LogP contribution >= 0.6 is 0 Å². The molecule has 0 fully saturated rings. The number of carbonyl (C=O) groups is 2. The Morgan fingerprint density at radius 3 is 2.41 bits per heavy atom. The Balaban J connectivity index is 1.60. The van der Waals surface area contributed by atoms with Gasteiger partial charge in [-0.2, -0.15) is 0 Å². The molecule has 0 aliphatic rings. The van der Waals surface area contributed by atoms with Crippen molar-refractivity contribution in [2.75, 3.05) is 11.9 Å². The summed E-state index contributed by atoms with van der Waals surface area (Å²) >= 11 is 0. The molecule has 32 heavy (non-hydrogen) atoms. The van der Waals surface area contributed by atoms with Crippen molar-refractivity contribution in [3.8, 4) is 0 Å². The van der Waals surface area contributed by atoms with Crippen LogP contribution in [0.5, 0.6) is 0 Å². The normalized spacial score (nSPS) is 11.1. The van der Waals surface area contributed by atoms with E-state index in [1.807, 2.05) is 6.07 Å². The highest BCUT2D eigenvalue weighted by atomic mass is 32.2. The number of sulfonamides is 1. The predicted molar refractivity (Wildman–Crippen MR) is 112 cm³/mol. The van der Waals surface area contributed by atoms with Gasteiger partial charge in [0.2, 0.25) is 10.0 Å². The second kappa shape index (κ2) is 10.1. The van der Waals surface area contributed by atoms with E-state index in [0.717, 1.165) is 29.8 Å². The first-order valence-electron chi connectivity index (χ1n) is 9.30. The third-order valence-corrected chi connectivity index (χ3v) is 5.62. The average molecular weight is 460 g/mol. The van der Waals surface area contributed by atoms with Gasteiger partial charge >= 0.3 is 5.97 Å². The highest BCUT2D eigenvalue weighted by Gasteiger charge is 2.18. The number of esters is 1. The number of halogens is 2. The van der Waals surface area contributed by atoms with E-state index in [4.69, 9.17) is 4.74 Å². The maximum atomic E-state index is 13.6. The zero-order valence-electron chi connectivity index (χ0n) is 16.5. The van der Waals surface area contributed by atoms with Gasteiger partial charge in [-0.3, -0.25) is 4.79 Å². The highest BCUT2D eigenvalue weighted by molar-refractivity contribution is 7.89. The van der Waals surface area contributed by atoms with Crippen LogP contribution in [0, 0.1) is 11.6 Å². The summed E-state index contributed by atoms with van der Waals surface area (Å²) in [7, 11) is -3.91. The van der Waals surface area contributed by atoms with Gasteiger partial charge in [-0.25, -0.2) is 26.7 Å². The first-order valence-corrected chi connectivity index (χ1v) is 10.8. The number of benzene rings is 3. The van der Waals surface area contributed by atoms with Crippen molar-refractivity contribution >= 4 is 27.6 Å². The Kier molecular flexibility index (Phi) is 7.29. The predicted octanol–water partition coefficient (Wildman–Crippen LogP) is 3.24. The summed E-state index contributed by atoms with van der Waals surface area (Å²) in [6.07, 6.45) is 0. The van der Waals surface area contributed by atoms with Crippen molar-refractivity contribution in [3.63, 3.8) is 0 Å². The van der Waals surface area contributed by atoms with Crippen LogP contribution in [-0.4, -0.2) is 26.9 Å². The smallest absolute Gasteiger partial charge is 0.338 e. The SMILES string of the molecule is O=C(COC(=O)c1cccc(S(=O)(=O)NCc2ccccc2)c1)Nc1cc(F)ccc1F. The molecular weight excluding hydrogens is 442 g/mol. The lowest BCUT2D eigenvalue weighted by Gasteiger charge is -2.09. The lowest BCUT2D eigenvalue weighted by molar-refractivity contribution is -0.119. The number of nitrogens with one attached hydrogen (secondary N) is 2. The molecule has 10 heteroatoms. The highest BCUT2D eigenvalue weighted by Crippen LogP contribution is 2.16. The third kappa shape index (κ3) is 6.19. The molecule has 3 aromatic carbocycles. The Morgan fingerprint density at radius 2 is 1.66 bits per heavy atom. The molecule has 2 N–H and O–H groups in total. The molecule has 0 spiro atoms. The Labute approximate surface area is 183 Å². The molecule has 7 nitrogen and oxygen atoms in total. The van der Waals surface area contributed by atoms with E-state index in [-0.39, 0.29) is 17.0 Å². The van der Waals surface area contributed by atoms with Crippen LogP contribution in [0.1, 0.15) is 15.9 Å². The van der Waals surface area contributed by atoms with Crippen LogP contribution in [0.15, 0.2) is 77.7 Å². The summed E-state index contributed by atoms with van der Waals surface area (Å²) < 4.78 is 59.0. The Bertz CT molecular complexity index is 1230. The number of hydrogen-bond donors (Lipinski definition) is 2. The molecule has 0 bridgehead atoms. The first-order chi connectivity index (χ1) is 15.2. The van der Waals surface area contributed by atoms with E-state index < -0.39 is 45.8 Å². The average Bonchev–Trinajstić information content (AvgIpc) is 2.79. The third-order valence-electron chi connectivity index (χ3n) is 4.23. The van der Waals surface area contributed by atoms with Crippen molar-refractivity contribution in [1.29, 1.82) is 0 Å². The van der Waals surface area contributed by atoms with E-state index >= 15 is 0 Å². The second-order valence-electron chi connectivity index (χ2n) is 6.59. The summed E-state index contributed by atoms with van der Waals surface area (Å²) in [6, 6.07) is 16.5. The summed E-state index contributed by atoms with van der Waals surface area (Å²) in [6.45, 7) is -0.716. The molecule has 0 aromatic heterocycles. The Hall–Kier alpha value is -3.63. The second-order valence-corrected chi connectivity index (χ2v) is 8.35. The van der Waals surface area contributed by atoms with Gasteiger partial charge in [0.15, 0.2) is 6.61 Å². The van der Waals surface area contributed by atoms with Gasteiger partial charge in [0.1, 0.15) is 11.6 Å². The van der Waals surface area contributed by atoms with Crippen molar-refractivity contribution in [2.24, 2.45) is 0 Å². The lowest BCUT2D eigenvalue weighted by atomic mass is 10.2. The van der Waals surface area contributed by atoms with E-state index in [0.29, 0.717) is 0 Å². The minimum absolute atomic E-state index is 0.0641. The molecule has 0 aliphatic heterocycles. The topological polar surface area (TPSA) is 102 Å². The fourth-order valence-corrected chi connectivity index (χ4v) is 3.70. The first kappa shape index (κ1) is 23.0. The summed E-state index contributed by atoms with van der Waals surface area (Å²) in [5.41, 5.74) is 0.258. The fourth-order valence-electron chi connectivity index (χ4n) is 2.64. The van der Waals surface area contributed by atoms with Crippen molar-refractivity contribution in [2.45, 2.75) is 11.4 Å². The number of amides is 1. The minimum atomic E-state index is -3.91. The number of carbonyl (C=O) groups excluding carboxylic acids is 2. The van der Waals surface area contributed by atoms with Crippen molar-refractivity contribution in [3.05, 3.63) is 95.6 Å². The van der Waals surface area contributed by atoms with Gasteiger partial charge in [0, 0.05) is 12.6 Å². The molecule has 0 aliphatic carbocycles. The van der Waals surface area contributed by atoms with E-state index in [1.54, 1.807) is 24.3 Å². The van der Waals surface area contributed by atoms with Crippen LogP contribution in [0.3, 0.4) is 0 Å². The van der Waals surface area contributed by atoms with Gasteiger partial charge in [0.25, 0.3) is 5.91 Å². The minimum Gasteiger partial charge on any atom is -0.452 e. The van der Waals surface area contributed by atoms with Gasteiger partial charge in [-0.05, 0) is 35.9 Å². The number of anilines is 1. The molecule has 0 saturated carbocycles. The van der Waals surface area contributed by atoms with Gasteiger partial charge < -0.3 is 10.1 Å². The summed E-state index contributed by atoms with van der Waals surface area (Å²) in [5, 5.41) is 2.09. The number of rotatable bonds is 8. The Morgan fingerprint density at radius 1 is 0.906 bits per heavy atom. The standard InChI is InChI=1S/C22H18F2N2O5S/c23-17-9-10-19(24)20(12-17)26-21(27)14-31-22(28)16-7-4-8-18(11-16)32(29,30)25-13-15-5-2-1-3-6-15/h1-12,25H,13-14H2,(H,26,27). The van der Waals surface area contributed by atoms with E-state index in [2.05, 4.69) is 10.0 Å². The van der Waals surface area contributed by atoms with Gasteiger partial charge in [0.05, 0.1) is 16.1 Å². The van der Waals surface area contributed by atoms with Gasteiger partial charge in [-0.1, -0.05) is 36.4 Å². The fraction of sp³-hybridized carbons (Fsp3) is 0.0909. The molecule has 166 valence electrons. The largest absolute Gasteiger partial charge is 0.452 e. The van der Waals surface area contributed by atoms with Gasteiger partial charge in [-0.15, -0.1) is 0 Å². The van der Waals surface area contributed by atoms with Crippen LogP contribution in [-0.2, 0) is 26.1 Å². The van der Waals surface area contributed by atoms with Crippen LogP contribution in [0.4, 0.5) is 14.5 Å². The maximum absolute atomic E-state index is 13.6.